The number of ether oxygens (including phenoxy) is 1. The molecule has 1 aliphatic rings. The van der Waals surface area contributed by atoms with Crippen molar-refractivity contribution >= 4 is 0 Å². The van der Waals surface area contributed by atoms with Crippen LogP contribution in [0.15, 0.2) is 35.2 Å². The summed E-state index contributed by atoms with van der Waals surface area (Å²) in [7, 11) is 0. The minimum atomic E-state index is 0.323. The Bertz CT molecular complexity index is 319. The zero-order valence-corrected chi connectivity index (χ0v) is 9.69. The van der Waals surface area contributed by atoms with Gasteiger partial charge in [0.1, 0.15) is 11.9 Å². The highest BCUT2D eigenvalue weighted by Crippen LogP contribution is 2.10. The van der Waals surface area contributed by atoms with Crippen molar-refractivity contribution in [3.8, 4) is 0 Å². The van der Waals surface area contributed by atoms with Crippen LogP contribution in [0.1, 0.15) is 25.5 Å². The van der Waals surface area contributed by atoms with Gasteiger partial charge in [0.15, 0.2) is 0 Å². The minimum Gasteiger partial charge on any atom is -0.497 e. The number of hydrogen-bond donors (Lipinski definition) is 1. The third-order valence-electron chi connectivity index (χ3n) is 2.80. The number of furan rings is 1. The molecule has 0 saturated heterocycles. The molecular formula is C13H19NO2. The molecule has 3 nitrogen and oxygen atoms in total. The molecule has 0 fully saturated rings. The fraction of sp³-hybridized carbons (Fsp3) is 0.538. The van der Waals surface area contributed by atoms with Gasteiger partial charge in [0.05, 0.1) is 12.5 Å². The highest BCUT2D eigenvalue weighted by molar-refractivity contribution is 5.00. The molecule has 88 valence electrons. The molecule has 2 unspecified atom stereocenters. The van der Waals surface area contributed by atoms with Gasteiger partial charge in [-0.1, -0.05) is 0 Å². The number of nitrogens with one attached hydrogen (secondary N) is 1. The Morgan fingerprint density at radius 1 is 1.56 bits per heavy atom. The van der Waals surface area contributed by atoms with Crippen LogP contribution in [-0.4, -0.2) is 18.7 Å². The maximum absolute atomic E-state index is 5.50. The van der Waals surface area contributed by atoms with Crippen molar-refractivity contribution in [1.29, 1.82) is 0 Å². The Morgan fingerprint density at radius 2 is 2.50 bits per heavy atom. The van der Waals surface area contributed by atoms with Crippen LogP contribution < -0.4 is 5.32 Å². The summed E-state index contributed by atoms with van der Waals surface area (Å²) in [5, 5.41) is 3.47. The third kappa shape index (κ3) is 3.42. The largest absolute Gasteiger partial charge is 0.497 e. The lowest BCUT2D eigenvalue weighted by Crippen LogP contribution is -2.36. The van der Waals surface area contributed by atoms with E-state index in [2.05, 4.69) is 18.3 Å². The Morgan fingerprint density at radius 3 is 3.19 bits per heavy atom. The summed E-state index contributed by atoms with van der Waals surface area (Å²) >= 11 is 0. The van der Waals surface area contributed by atoms with E-state index in [9.17, 15) is 0 Å². The van der Waals surface area contributed by atoms with Gasteiger partial charge in [-0.2, -0.15) is 0 Å². The monoisotopic (exact) mass is 221 g/mol. The zero-order valence-electron chi connectivity index (χ0n) is 9.69. The Hall–Kier alpha value is -1.22. The fourth-order valence-electron chi connectivity index (χ4n) is 1.87. The van der Waals surface area contributed by atoms with Crippen LogP contribution in [0.2, 0.25) is 0 Å². The molecule has 2 heterocycles. The first-order chi connectivity index (χ1) is 7.84. The molecule has 0 spiro atoms. The van der Waals surface area contributed by atoms with E-state index in [1.165, 1.54) is 0 Å². The summed E-state index contributed by atoms with van der Waals surface area (Å²) in [6.45, 7) is 3.08. The van der Waals surface area contributed by atoms with Crippen molar-refractivity contribution in [3.63, 3.8) is 0 Å². The summed E-state index contributed by atoms with van der Waals surface area (Å²) in [6.07, 6.45) is 9.09. The van der Waals surface area contributed by atoms with Crippen molar-refractivity contribution in [1.82, 2.24) is 5.32 Å². The minimum absolute atomic E-state index is 0.323. The molecule has 3 heteroatoms. The number of hydrogen-bond acceptors (Lipinski definition) is 3. The summed E-state index contributed by atoms with van der Waals surface area (Å²) < 4.78 is 10.8. The zero-order chi connectivity index (χ0) is 11.2. The van der Waals surface area contributed by atoms with E-state index < -0.39 is 0 Å². The first kappa shape index (κ1) is 11.3. The topological polar surface area (TPSA) is 34.4 Å². The summed E-state index contributed by atoms with van der Waals surface area (Å²) in [5.74, 6) is 1.03. The van der Waals surface area contributed by atoms with Gasteiger partial charge in [-0.3, -0.25) is 0 Å². The Kier molecular flexibility index (Phi) is 4.05. The van der Waals surface area contributed by atoms with Crippen LogP contribution in [0.3, 0.4) is 0 Å². The molecule has 0 aromatic carbocycles. The summed E-state index contributed by atoms with van der Waals surface area (Å²) in [5.41, 5.74) is 0. The second-order valence-corrected chi connectivity index (χ2v) is 4.30. The lowest BCUT2D eigenvalue weighted by atomic mass is 10.1. The molecule has 1 N–H and O–H groups in total. The van der Waals surface area contributed by atoms with Crippen molar-refractivity contribution in [3.05, 3.63) is 36.5 Å². The van der Waals surface area contributed by atoms with Gasteiger partial charge in [0, 0.05) is 19.0 Å². The van der Waals surface area contributed by atoms with Crippen LogP contribution >= 0.6 is 0 Å². The van der Waals surface area contributed by atoms with E-state index >= 15 is 0 Å². The first-order valence-electron chi connectivity index (χ1n) is 5.91. The summed E-state index contributed by atoms with van der Waals surface area (Å²) in [4.78, 5) is 0. The third-order valence-corrected chi connectivity index (χ3v) is 2.80. The Balaban J connectivity index is 1.67. The molecule has 0 bridgehead atoms. The predicted octanol–water partition coefficient (Wildman–Crippen LogP) is 2.49. The van der Waals surface area contributed by atoms with Gasteiger partial charge in [0.2, 0.25) is 0 Å². The van der Waals surface area contributed by atoms with Crippen LogP contribution in [0.4, 0.5) is 0 Å². The van der Waals surface area contributed by atoms with E-state index in [1.54, 1.807) is 6.26 Å². The van der Waals surface area contributed by atoms with Gasteiger partial charge >= 0.3 is 0 Å². The molecule has 2 rings (SSSR count). The SMILES string of the molecule is CC(Cc1ccco1)NCC1CCC=CO1. The van der Waals surface area contributed by atoms with Gasteiger partial charge in [-0.25, -0.2) is 0 Å². The second kappa shape index (κ2) is 5.75. The van der Waals surface area contributed by atoms with E-state index in [0.717, 1.165) is 31.6 Å². The van der Waals surface area contributed by atoms with Crippen LogP contribution in [0, 0.1) is 0 Å². The highest BCUT2D eigenvalue weighted by Gasteiger charge is 2.12. The van der Waals surface area contributed by atoms with Gasteiger partial charge < -0.3 is 14.5 Å². The normalized spacial score (nSPS) is 21.7. The smallest absolute Gasteiger partial charge is 0.110 e. The number of rotatable bonds is 5. The molecule has 0 aliphatic carbocycles. The highest BCUT2D eigenvalue weighted by atomic mass is 16.5. The second-order valence-electron chi connectivity index (χ2n) is 4.30. The molecule has 0 radical (unpaired) electrons. The lowest BCUT2D eigenvalue weighted by molar-refractivity contribution is 0.119. The molecule has 1 aromatic rings. The first-order valence-corrected chi connectivity index (χ1v) is 5.91. The lowest BCUT2D eigenvalue weighted by Gasteiger charge is -2.22. The van der Waals surface area contributed by atoms with Gasteiger partial charge in [0.25, 0.3) is 0 Å². The van der Waals surface area contributed by atoms with Gasteiger partial charge in [-0.15, -0.1) is 0 Å². The maximum Gasteiger partial charge on any atom is 0.110 e. The van der Waals surface area contributed by atoms with E-state index in [0.29, 0.717) is 12.1 Å². The standard InChI is InChI=1S/C13H19NO2/c1-11(9-12-6-4-8-15-12)14-10-13-5-2-3-7-16-13/h3-4,6-8,11,13-14H,2,5,9-10H2,1H3. The molecule has 0 saturated carbocycles. The van der Waals surface area contributed by atoms with Gasteiger partial charge in [-0.05, 0) is 38.0 Å². The molecule has 0 amide bonds. The van der Waals surface area contributed by atoms with Crippen molar-refractivity contribution in [2.75, 3.05) is 6.54 Å². The predicted molar refractivity (Wildman–Crippen MR) is 63.1 cm³/mol. The average Bonchev–Trinajstić information content (AvgIpc) is 2.81. The molecule has 2 atom stereocenters. The fourth-order valence-corrected chi connectivity index (χ4v) is 1.87. The van der Waals surface area contributed by atoms with E-state index in [1.807, 2.05) is 18.4 Å². The Labute approximate surface area is 96.5 Å². The average molecular weight is 221 g/mol. The van der Waals surface area contributed by atoms with Crippen LogP contribution in [-0.2, 0) is 11.2 Å². The van der Waals surface area contributed by atoms with Crippen LogP contribution in [0.25, 0.3) is 0 Å². The molecular weight excluding hydrogens is 202 g/mol. The maximum atomic E-state index is 5.50. The van der Waals surface area contributed by atoms with Crippen molar-refractivity contribution in [2.24, 2.45) is 0 Å². The van der Waals surface area contributed by atoms with Crippen molar-refractivity contribution < 1.29 is 9.15 Å². The number of allylic oxidation sites excluding steroid dienone is 1. The molecule has 16 heavy (non-hydrogen) atoms. The van der Waals surface area contributed by atoms with E-state index in [4.69, 9.17) is 9.15 Å². The molecule has 1 aliphatic heterocycles. The quantitative estimate of drug-likeness (QED) is 0.829. The van der Waals surface area contributed by atoms with Crippen LogP contribution in [0.5, 0.6) is 0 Å². The molecule has 1 aromatic heterocycles. The summed E-state index contributed by atoms with van der Waals surface area (Å²) in [6, 6.07) is 4.36. The van der Waals surface area contributed by atoms with Crippen molar-refractivity contribution in [2.45, 2.75) is 38.3 Å². The van der Waals surface area contributed by atoms with E-state index in [-0.39, 0.29) is 0 Å².